The summed E-state index contributed by atoms with van der Waals surface area (Å²) in [7, 11) is 0. The van der Waals surface area contributed by atoms with Gasteiger partial charge in [-0.15, -0.1) is 5.10 Å². The van der Waals surface area contributed by atoms with Gasteiger partial charge in [-0.2, -0.15) is 0 Å². The molecule has 0 aliphatic heterocycles. The summed E-state index contributed by atoms with van der Waals surface area (Å²) in [5.74, 6) is 0.572. The second-order valence-electron chi connectivity index (χ2n) is 7.07. The summed E-state index contributed by atoms with van der Waals surface area (Å²) in [6.07, 6.45) is 0.681. The number of aryl methyl sites for hydroxylation is 1. The van der Waals surface area contributed by atoms with Crippen LogP contribution in [0.15, 0.2) is 52.1 Å². The van der Waals surface area contributed by atoms with Crippen molar-refractivity contribution < 1.29 is 9.53 Å². The minimum absolute atomic E-state index is 0.186. The average molecular weight is 441 g/mol. The molecule has 0 bridgehead atoms. The largest absolute Gasteiger partial charge is 0.494 e. The van der Waals surface area contributed by atoms with E-state index in [1.807, 2.05) is 13.8 Å². The van der Waals surface area contributed by atoms with E-state index in [-0.39, 0.29) is 23.7 Å². The summed E-state index contributed by atoms with van der Waals surface area (Å²) in [5, 5.41) is 5.09. The Kier molecular flexibility index (Phi) is 5.65. The molecule has 2 heterocycles. The van der Waals surface area contributed by atoms with Gasteiger partial charge in [0.15, 0.2) is 5.78 Å². The molecule has 0 saturated heterocycles. The number of fused-ring (bicyclic) bond motifs is 3. The Morgan fingerprint density at radius 1 is 1.10 bits per heavy atom. The van der Waals surface area contributed by atoms with Crippen LogP contribution in [-0.2, 0) is 13.1 Å². The van der Waals surface area contributed by atoms with Crippen LogP contribution in [-0.4, -0.2) is 31.1 Å². The lowest BCUT2D eigenvalue weighted by Crippen LogP contribution is -2.27. The van der Waals surface area contributed by atoms with Gasteiger partial charge in [0.05, 0.1) is 17.5 Å². The van der Waals surface area contributed by atoms with Crippen molar-refractivity contribution in [2.75, 3.05) is 6.61 Å². The molecular formula is C22H21ClN4O4. The Morgan fingerprint density at radius 2 is 1.84 bits per heavy atom. The Labute approximate surface area is 182 Å². The highest BCUT2D eigenvalue weighted by atomic mass is 35.5. The number of halogens is 1. The lowest BCUT2D eigenvalue weighted by molar-refractivity contribution is 0.0966. The number of carbonyl (C=O) groups is 1. The summed E-state index contributed by atoms with van der Waals surface area (Å²) < 4.78 is 9.26. The van der Waals surface area contributed by atoms with Crippen LogP contribution in [0.25, 0.3) is 16.7 Å². The fraction of sp³-hybridized carbons (Fsp3) is 0.273. The molecule has 0 spiro atoms. The zero-order chi connectivity index (χ0) is 22.1. The third-order valence-corrected chi connectivity index (χ3v) is 5.20. The number of ketones is 1. The number of nitrogens with zero attached hydrogens (tertiary/aromatic N) is 4. The van der Waals surface area contributed by atoms with E-state index in [0.717, 1.165) is 4.68 Å². The van der Waals surface area contributed by atoms with Gasteiger partial charge in [-0.05, 0) is 55.8 Å². The van der Waals surface area contributed by atoms with E-state index in [2.05, 4.69) is 5.10 Å². The number of aromatic nitrogens is 4. The highest BCUT2D eigenvalue weighted by Crippen LogP contribution is 2.18. The SMILES string of the molecule is CCCn1c(=O)c2ccc(Cl)cc2n2c(=O)n(CC(=O)c3ccc(OCC)cc3)nc12. The molecule has 4 rings (SSSR count). The average Bonchev–Trinajstić information content (AvgIpc) is 3.07. The van der Waals surface area contributed by atoms with Crippen molar-refractivity contribution in [2.45, 2.75) is 33.4 Å². The van der Waals surface area contributed by atoms with Gasteiger partial charge in [-0.3, -0.25) is 14.2 Å². The number of Topliss-reactive ketones (excluding diaryl/α,β-unsaturated/α-hetero) is 1. The summed E-state index contributed by atoms with van der Waals surface area (Å²) in [6, 6.07) is 11.5. The normalized spacial score (nSPS) is 11.3. The molecule has 0 saturated carbocycles. The first kappa shape index (κ1) is 20.9. The van der Waals surface area contributed by atoms with Crippen LogP contribution in [0.5, 0.6) is 5.75 Å². The standard InChI is InChI=1S/C22H21ClN4O4/c1-3-11-25-20(29)17-10-7-15(23)12-18(17)27-21(25)24-26(22(27)30)13-19(28)14-5-8-16(9-6-14)31-4-2/h5-10,12H,3-4,11,13H2,1-2H3. The molecule has 31 heavy (non-hydrogen) atoms. The predicted molar refractivity (Wildman–Crippen MR) is 118 cm³/mol. The summed E-state index contributed by atoms with van der Waals surface area (Å²) >= 11 is 6.12. The molecule has 2 aromatic carbocycles. The predicted octanol–water partition coefficient (Wildman–Crippen LogP) is 3.16. The van der Waals surface area contributed by atoms with Crippen LogP contribution in [0.4, 0.5) is 0 Å². The zero-order valence-corrected chi connectivity index (χ0v) is 17.9. The van der Waals surface area contributed by atoms with Crippen LogP contribution in [0.3, 0.4) is 0 Å². The Hall–Kier alpha value is -3.39. The van der Waals surface area contributed by atoms with Gasteiger partial charge in [0.1, 0.15) is 12.3 Å². The van der Waals surface area contributed by atoms with E-state index in [1.54, 1.807) is 42.5 Å². The summed E-state index contributed by atoms with van der Waals surface area (Å²) in [4.78, 5) is 38.9. The molecule has 0 amide bonds. The quantitative estimate of drug-likeness (QED) is 0.412. The van der Waals surface area contributed by atoms with Crippen LogP contribution < -0.4 is 16.0 Å². The molecular weight excluding hydrogens is 420 g/mol. The highest BCUT2D eigenvalue weighted by molar-refractivity contribution is 6.31. The van der Waals surface area contributed by atoms with Crippen molar-refractivity contribution >= 4 is 34.1 Å². The van der Waals surface area contributed by atoms with Crippen molar-refractivity contribution in [2.24, 2.45) is 0 Å². The number of hydrogen-bond acceptors (Lipinski definition) is 5. The van der Waals surface area contributed by atoms with Crippen molar-refractivity contribution in [3.8, 4) is 5.75 Å². The van der Waals surface area contributed by atoms with Gasteiger partial charge in [0.25, 0.3) is 5.56 Å². The van der Waals surface area contributed by atoms with Gasteiger partial charge in [-0.1, -0.05) is 18.5 Å². The van der Waals surface area contributed by atoms with Gasteiger partial charge in [0.2, 0.25) is 5.78 Å². The van der Waals surface area contributed by atoms with Crippen LogP contribution in [0.1, 0.15) is 30.6 Å². The second-order valence-corrected chi connectivity index (χ2v) is 7.51. The molecule has 2 aromatic heterocycles. The monoisotopic (exact) mass is 440 g/mol. The molecule has 0 fully saturated rings. The summed E-state index contributed by atoms with van der Waals surface area (Å²) in [6.45, 7) is 4.48. The third kappa shape index (κ3) is 3.74. The van der Waals surface area contributed by atoms with E-state index < -0.39 is 5.69 Å². The van der Waals surface area contributed by atoms with Gasteiger partial charge < -0.3 is 4.74 Å². The lowest BCUT2D eigenvalue weighted by Gasteiger charge is -2.08. The lowest BCUT2D eigenvalue weighted by atomic mass is 10.1. The molecule has 9 heteroatoms. The van der Waals surface area contributed by atoms with Gasteiger partial charge in [0, 0.05) is 17.1 Å². The zero-order valence-electron chi connectivity index (χ0n) is 17.2. The van der Waals surface area contributed by atoms with Crippen molar-refractivity contribution in [1.29, 1.82) is 0 Å². The van der Waals surface area contributed by atoms with E-state index in [4.69, 9.17) is 16.3 Å². The molecule has 0 aliphatic rings. The number of ether oxygens (including phenoxy) is 1. The maximum Gasteiger partial charge on any atom is 0.352 e. The van der Waals surface area contributed by atoms with Gasteiger partial charge >= 0.3 is 5.69 Å². The van der Waals surface area contributed by atoms with E-state index in [9.17, 15) is 14.4 Å². The third-order valence-electron chi connectivity index (χ3n) is 4.97. The first-order valence-corrected chi connectivity index (χ1v) is 10.4. The Morgan fingerprint density at radius 3 is 2.52 bits per heavy atom. The fourth-order valence-electron chi connectivity index (χ4n) is 3.55. The number of carbonyl (C=O) groups excluding carboxylic acids is 1. The Bertz CT molecular complexity index is 1400. The minimum Gasteiger partial charge on any atom is -0.494 e. The van der Waals surface area contributed by atoms with Crippen LogP contribution in [0, 0.1) is 0 Å². The number of hydrogen-bond donors (Lipinski definition) is 0. The smallest absolute Gasteiger partial charge is 0.352 e. The first-order valence-electron chi connectivity index (χ1n) is 10.0. The van der Waals surface area contributed by atoms with Gasteiger partial charge in [-0.25, -0.2) is 13.9 Å². The van der Waals surface area contributed by atoms with Crippen molar-refractivity contribution in [3.05, 3.63) is 73.9 Å². The highest BCUT2D eigenvalue weighted by Gasteiger charge is 2.19. The van der Waals surface area contributed by atoms with Crippen molar-refractivity contribution in [3.63, 3.8) is 0 Å². The molecule has 0 aliphatic carbocycles. The number of rotatable bonds is 7. The fourth-order valence-corrected chi connectivity index (χ4v) is 3.71. The minimum atomic E-state index is -0.508. The molecule has 0 atom stereocenters. The maximum absolute atomic E-state index is 13.2. The number of benzene rings is 2. The Balaban J connectivity index is 1.83. The van der Waals surface area contributed by atoms with Crippen LogP contribution >= 0.6 is 11.6 Å². The molecule has 160 valence electrons. The molecule has 0 N–H and O–H groups in total. The summed E-state index contributed by atoms with van der Waals surface area (Å²) in [5.41, 5.74) is 0.0401. The van der Waals surface area contributed by atoms with E-state index in [0.29, 0.717) is 46.8 Å². The second kappa shape index (κ2) is 8.39. The molecule has 0 radical (unpaired) electrons. The molecule has 0 unspecified atom stereocenters. The van der Waals surface area contributed by atoms with E-state index >= 15 is 0 Å². The molecule has 4 aromatic rings. The van der Waals surface area contributed by atoms with Crippen LogP contribution in [0.2, 0.25) is 5.02 Å². The van der Waals surface area contributed by atoms with E-state index in [1.165, 1.54) is 8.97 Å². The molecule has 8 nitrogen and oxygen atoms in total. The topological polar surface area (TPSA) is 87.6 Å². The van der Waals surface area contributed by atoms with Crippen molar-refractivity contribution in [1.82, 2.24) is 18.7 Å². The first-order chi connectivity index (χ1) is 14.9. The maximum atomic E-state index is 13.2.